The molecule has 1 saturated heterocycles. The molecule has 0 unspecified atom stereocenters. The van der Waals surface area contributed by atoms with Crippen molar-refractivity contribution in [2.45, 2.75) is 32.5 Å². The molecule has 1 heterocycles. The topological polar surface area (TPSA) is 59.9 Å². The van der Waals surface area contributed by atoms with Gasteiger partial charge in [-0.3, -0.25) is 9.89 Å². The third-order valence-electron chi connectivity index (χ3n) is 4.78. The number of guanidine groups is 1. The Morgan fingerprint density at radius 1 is 1.00 bits per heavy atom. The van der Waals surface area contributed by atoms with Crippen LogP contribution in [-0.4, -0.2) is 36.1 Å². The van der Waals surface area contributed by atoms with Gasteiger partial charge in [0.2, 0.25) is 0 Å². The molecule has 0 saturated carbocycles. The molecule has 3 N–H and O–H groups in total. The van der Waals surface area contributed by atoms with Crippen molar-refractivity contribution in [3.05, 3.63) is 65.0 Å². The van der Waals surface area contributed by atoms with Crippen molar-refractivity contribution >= 4 is 29.9 Å². The van der Waals surface area contributed by atoms with Crippen LogP contribution in [0.4, 0.5) is 4.39 Å². The highest BCUT2D eigenvalue weighted by Gasteiger charge is 2.11. The van der Waals surface area contributed by atoms with Gasteiger partial charge in [-0.2, -0.15) is 0 Å². The molecule has 0 radical (unpaired) electrons. The Balaban J connectivity index is 0.00000280. The summed E-state index contributed by atoms with van der Waals surface area (Å²) in [6.07, 6.45) is 2.62. The molecule has 0 amide bonds. The lowest BCUT2D eigenvalue weighted by Crippen LogP contribution is -2.36. The number of hydrogen-bond acceptors (Lipinski definition) is 3. The summed E-state index contributed by atoms with van der Waals surface area (Å²) in [5.74, 6) is -0.315. The quantitative estimate of drug-likeness (QED) is 0.324. The van der Waals surface area contributed by atoms with Gasteiger partial charge in [0.15, 0.2) is 17.5 Å². The average molecular weight is 498 g/mol. The number of nitrogens with one attached hydrogen (secondary N) is 2. The lowest BCUT2D eigenvalue weighted by Gasteiger charge is -2.15. The first-order chi connectivity index (χ1) is 13.1. The maximum atomic E-state index is 13.4. The number of benzene rings is 2. The summed E-state index contributed by atoms with van der Waals surface area (Å²) in [6, 6.07) is 13.0. The molecule has 3 rings (SSSR count). The number of likely N-dealkylation sites (tertiary alicyclic amines) is 1. The number of hydrogen-bond donors (Lipinski definition) is 3. The van der Waals surface area contributed by atoms with Crippen LogP contribution in [0.1, 0.15) is 29.5 Å². The molecule has 152 valence electrons. The van der Waals surface area contributed by atoms with E-state index < -0.39 is 5.82 Å². The second-order valence-electron chi connectivity index (χ2n) is 6.86. The van der Waals surface area contributed by atoms with E-state index in [4.69, 9.17) is 0 Å². The molecule has 1 fully saturated rings. The van der Waals surface area contributed by atoms with Crippen LogP contribution < -0.4 is 10.6 Å². The van der Waals surface area contributed by atoms with Crippen molar-refractivity contribution < 1.29 is 9.50 Å². The largest absolute Gasteiger partial charge is 0.505 e. The summed E-state index contributed by atoms with van der Waals surface area (Å²) in [7, 11) is 1.70. The van der Waals surface area contributed by atoms with Gasteiger partial charge in [0.1, 0.15) is 0 Å². The Hall–Kier alpha value is -1.87. The van der Waals surface area contributed by atoms with E-state index in [0.717, 1.165) is 12.1 Å². The Morgan fingerprint density at radius 3 is 2.18 bits per heavy atom. The van der Waals surface area contributed by atoms with Crippen molar-refractivity contribution in [1.29, 1.82) is 0 Å². The molecule has 2 aromatic rings. The lowest BCUT2D eigenvalue weighted by atomic mass is 10.1. The minimum absolute atomic E-state index is 0. The molecular weight excluding hydrogens is 470 g/mol. The monoisotopic (exact) mass is 498 g/mol. The highest BCUT2D eigenvalue weighted by molar-refractivity contribution is 14.0. The third kappa shape index (κ3) is 6.63. The SMILES string of the molecule is CN=C(NCc1ccc(CN2CCCC2)cc1)NCc1ccc(O)c(F)c1.I. The Kier molecular flexibility index (Phi) is 8.98. The molecule has 0 aromatic heterocycles. The fraction of sp³-hybridized carbons (Fsp3) is 0.381. The summed E-state index contributed by atoms with van der Waals surface area (Å²) in [6.45, 7) is 4.52. The Morgan fingerprint density at radius 2 is 1.57 bits per heavy atom. The standard InChI is InChI=1S/C21H27FN4O.HI/c1-23-21(25-14-18-8-9-20(27)19(22)12-18)24-13-16-4-6-17(7-5-16)15-26-10-2-3-11-26;/h4-9,12,27H,2-3,10-11,13-15H2,1H3,(H2,23,24,25);1H. The highest BCUT2D eigenvalue weighted by Crippen LogP contribution is 2.16. The molecule has 0 bridgehead atoms. The second kappa shape index (κ2) is 11.2. The van der Waals surface area contributed by atoms with Gasteiger partial charge in [-0.15, -0.1) is 24.0 Å². The van der Waals surface area contributed by atoms with Gasteiger partial charge >= 0.3 is 0 Å². The van der Waals surface area contributed by atoms with Crippen molar-refractivity contribution in [1.82, 2.24) is 15.5 Å². The summed E-state index contributed by atoms with van der Waals surface area (Å²) in [5.41, 5.74) is 3.26. The Bertz CT molecular complexity index is 776. The van der Waals surface area contributed by atoms with E-state index in [1.165, 1.54) is 49.2 Å². The first kappa shape index (κ1) is 22.4. The van der Waals surface area contributed by atoms with E-state index in [0.29, 0.717) is 19.0 Å². The van der Waals surface area contributed by atoms with Gasteiger partial charge in [-0.25, -0.2) is 4.39 Å². The van der Waals surface area contributed by atoms with Gasteiger partial charge < -0.3 is 15.7 Å². The molecule has 28 heavy (non-hydrogen) atoms. The predicted molar refractivity (Wildman–Crippen MR) is 121 cm³/mol. The Labute approximate surface area is 183 Å². The van der Waals surface area contributed by atoms with Gasteiger partial charge in [0, 0.05) is 26.7 Å². The zero-order chi connectivity index (χ0) is 19.1. The molecule has 1 aliphatic rings. The first-order valence-electron chi connectivity index (χ1n) is 9.36. The molecule has 0 atom stereocenters. The summed E-state index contributed by atoms with van der Waals surface area (Å²) in [5, 5.41) is 15.6. The van der Waals surface area contributed by atoms with Crippen molar-refractivity contribution in [3.8, 4) is 5.75 Å². The van der Waals surface area contributed by atoms with Crippen LogP contribution in [0.25, 0.3) is 0 Å². The van der Waals surface area contributed by atoms with Crippen LogP contribution in [0.2, 0.25) is 0 Å². The van der Waals surface area contributed by atoms with Gasteiger partial charge in [-0.05, 0) is 54.8 Å². The fourth-order valence-electron chi connectivity index (χ4n) is 3.21. The van der Waals surface area contributed by atoms with Crippen molar-refractivity contribution in [3.63, 3.8) is 0 Å². The van der Waals surface area contributed by atoms with E-state index in [2.05, 4.69) is 44.8 Å². The maximum Gasteiger partial charge on any atom is 0.191 e. The number of nitrogens with zero attached hydrogens (tertiary/aromatic N) is 2. The number of rotatable bonds is 6. The van der Waals surface area contributed by atoms with Crippen LogP contribution >= 0.6 is 24.0 Å². The fourth-order valence-corrected chi connectivity index (χ4v) is 3.21. The molecule has 5 nitrogen and oxygen atoms in total. The minimum Gasteiger partial charge on any atom is -0.505 e. The van der Waals surface area contributed by atoms with Gasteiger partial charge in [0.25, 0.3) is 0 Å². The lowest BCUT2D eigenvalue weighted by molar-refractivity contribution is 0.331. The molecule has 7 heteroatoms. The average Bonchev–Trinajstić information content (AvgIpc) is 3.19. The van der Waals surface area contributed by atoms with Crippen molar-refractivity contribution in [2.75, 3.05) is 20.1 Å². The number of halogens is 2. The number of phenols is 1. The highest BCUT2D eigenvalue weighted by atomic mass is 127. The first-order valence-corrected chi connectivity index (χ1v) is 9.36. The molecule has 0 aliphatic carbocycles. The smallest absolute Gasteiger partial charge is 0.191 e. The van der Waals surface area contributed by atoms with Crippen LogP contribution in [0, 0.1) is 5.82 Å². The summed E-state index contributed by atoms with van der Waals surface area (Å²) >= 11 is 0. The van der Waals surface area contributed by atoms with Crippen LogP contribution in [-0.2, 0) is 19.6 Å². The van der Waals surface area contributed by atoms with Crippen LogP contribution in [0.3, 0.4) is 0 Å². The molecule has 0 spiro atoms. The van der Waals surface area contributed by atoms with Gasteiger partial charge in [0.05, 0.1) is 0 Å². The second-order valence-corrected chi connectivity index (χ2v) is 6.86. The van der Waals surface area contributed by atoms with E-state index >= 15 is 0 Å². The number of phenolic OH excluding ortho intramolecular Hbond substituents is 1. The zero-order valence-electron chi connectivity index (χ0n) is 16.1. The normalized spacial score (nSPS) is 14.6. The minimum atomic E-state index is -0.619. The molecule has 1 aliphatic heterocycles. The maximum absolute atomic E-state index is 13.4. The predicted octanol–water partition coefficient (Wildman–Crippen LogP) is 3.61. The summed E-state index contributed by atoms with van der Waals surface area (Å²) in [4.78, 5) is 6.68. The van der Waals surface area contributed by atoms with E-state index in [-0.39, 0.29) is 29.7 Å². The van der Waals surface area contributed by atoms with Crippen LogP contribution in [0.15, 0.2) is 47.5 Å². The molecular formula is C21H28FIN4O. The summed E-state index contributed by atoms with van der Waals surface area (Å²) < 4.78 is 13.4. The number of aromatic hydroxyl groups is 1. The van der Waals surface area contributed by atoms with Crippen molar-refractivity contribution in [2.24, 2.45) is 4.99 Å². The van der Waals surface area contributed by atoms with Crippen LogP contribution in [0.5, 0.6) is 5.75 Å². The van der Waals surface area contributed by atoms with E-state index in [9.17, 15) is 9.50 Å². The molecule has 2 aromatic carbocycles. The zero-order valence-corrected chi connectivity index (χ0v) is 18.4. The van der Waals surface area contributed by atoms with Gasteiger partial charge in [-0.1, -0.05) is 30.3 Å². The third-order valence-corrected chi connectivity index (χ3v) is 4.78. The van der Waals surface area contributed by atoms with E-state index in [1.54, 1.807) is 13.1 Å². The van der Waals surface area contributed by atoms with E-state index in [1.807, 2.05) is 0 Å². The number of aliphatic imine (C=N–C) groups is 1.